The zero-order chi connectivity index (χ0) is 13.4. The number of hydrogen-bond donors (Lipinski definition) is 2. The molecule has 0 heterocycles. The summed E-state index contributed by atoms with van der Waals surface area (Å²) in [5.41, 5.74) is 7.59. The fourth-order valence-electron chi connectivity index (χ4n) is 2.17. The highest BCUT2D eigenvalue weighted by atomic mass is 35.5. The lowest BCUT2D eigenvalue weighted by Crippen LogP contribution is -2.50. The Hall–Kier alpha value is -1.25. The number of rotatable bonds is 2. The van der Waals surface area contributed by atoms with Gasteiger partial charge in [0.1, 0.15) is 4.87 Å². The van der Waals surface area contributed by atoms with Gasteiger partial charge in [-0.25, -0.2) is 0 Å². The van der Waals surface area contributed by atoms with Gasteiger partial charge in [0.05, 0.1) is 5.60 Å². The predicted molar refractivity (Wildman–Crippen MR) is 76.2 cm³/mol. The van der Waals surface area contributed by atoms with Gasteiger partial charge in [-0.2, -0.15) is 0 Å². The maximum atomic E-state index is 10.3. The molecule has 0 fully saturated rings. The topological polar surface area (TPSA) is 46.2 Å². The molecule has 3 heteroatoms. The Kier molecular flexibility index (Phi) is 3.26. The van der Waals surface area contributed by atoms with Crippen LogP contribution in [0.25, 0.3) is 5.57 Å². The average Bonchev–Trinajstić information content (AvgIpc) is 2.32. The molecule has 3 N–H and O–H groups in total. The van der Waals surface area contributed by atoms with Gasteiger partial charge in [-0.1, -0.05) is 36.4 Å². The van der Waals surface area contributed by atoms with Crippen LogP contribution < -0.4 is 5.73 Å². The highest BCUT2D eigenvalue weighted by molar-refractivity contribution is 6.27. The molecule has 0 saturated carbocycles. The van der Waals surface area contributed by atoms with Crippen molar-refractivity contribution in [1.82, 2.24) is 0 Å². The van der Waals surface area contributed by atoms with Crippen LogP contribution in [0.4, 0.5) is 0 Å². The lowest BCUT2D eigenvalue weighted by Gasteiger charge is -2.41. The first-order valence-corrected chi connectivity index (χ1v) is 6.36. The van der Waals surface area contributed by atoms with Crippen molar-refractivity contribution >= 4 is 17.2 Å². The number of alkyl halides is 1. The monoisotopic (exact) mass is 263 g/mol. The summed E-state index contributed by atoms with van der Waals surface area (Å²) in [6.45, 7) is 3.38. The number of aliphatic hydroxyl groups is 1. The summed E-state index contributed by atoms with van der Waals surface area (Å²) in [4.78, 5) is -0.951. The van der Waals surface area contributed by atoms with Crippen molar-refractivity contribution < 1.29 is 5.11 Å². The number of nitrogens with two attached hydrogens (primary N) is 1. The molecule has 0 bridgehead atoms. The van der Waals surface area contributed by atoms with E-state index in [4.69, 9.17) is 17.3 Å². The first-order chi connectivity index (χ1) is 8.34. The van der Waals surface area contributed by atoms with E-state index >= 15 is 0 Å². The van der Waals surface area contributed by atoms with Gasteiger partial charge in [0.25, 0.3) is 0 Å². The number of halogens is 1. The molecule has 0 aliphatic heterocycles. The molecule has 1 aliphatic carbocycles. The quantitative estimate of drug-likeness (QED) is 0.806. The van der Waals surface area contributed by atoms with E-state index in [1.165, 1.54) is 0 Å². The maximum absolute atomic E-state index is 10.3. The third-order valence-electron chi connectivity index (χ3n) is 3.47. The van der Waals surface area contributed by atoms with Crippen molar-refractivity contribution in [2.24, 2.45) is 5.73 Å². The van der Waals surface area contributed by atoms with Crippen LogP contribution in [0.15, 0.2) is 48.2 Å². The summed E-state index contributed by atoms with van der Waals surface area (Å²) >= 11 is 6.56. The zero-order valence-electron chi connectivity index (χ0n) is 10.7. The Morgan fingerprint density at radius 2 is 1.83 bits per heavy atom. The minimum atomic E-state index is -1.08. The first-order valence-electron chi connectivity index (χ1n) is 5.98. The van der Waals surface area contributed by atoms with E-state index in [2.05, 4.69) is 0 Å². The van der Waals surface area contributed by atoms with Crippen LogP contribution in [0.1, 0.15) is 25.8 Å². The molecule has 0 saturated heterocycles. The SMILES string of the molecule is CC(C)(O)C1(Cl)CC(c2ccccc2)=CC=C1N. The molecule has 1 aromatic carbocycles. The van der Waals surface area contributed by atoms with E-state index < -0.39 is 10.5 Å². The lowest BCUT2D eigenvalue weighted by atomic mass is 9.78. The second-order valence-corrected chi connectivity index (χ2v) is 5.86. The molecule has 1 atom stereocenters. The highest BCUT2D eigenvalue weighted by Crippen LogP contribution is 2.44. The van der Waals surface area contributed by atoms with Crippen molar-refractivity contribution in [3.05, 3.63) is 53.7 Å². The highest BCUT2D eigenvalue weighted by Gasteiger charge is 2.46. The predicted octanol–water partition coefficient (Wildman–Crippen LogP) is 3.06. The van der Waals surface area contributed by atoms with Gasteiger partial charge in [-0.15, -0.1) is 11.6 Å². The van der Waals surface area contributed by atoms with E-state index in [0.29, 0.717) is 12.1 Å². The molecular formula is C15H18ClNO. The van der Waals surface area contributed by atoms with E-state index in [0.717, 1.165) is 11.1 Å². The Bertz CT molecular complexity index is 499. The summed E-state index contributed by atoms with van der Waals surface area (Å²) in [5.74, 6) is 0. The molecule has 1 unspecified atom stereocenters. The Morgan fingerprint density at radius 3 is 2.39 bits per heavy atom. The Morgan fingerprint density at radius 1 is 1.22 bits per heavy atom. The van der Waals surface area contributed by atoms with Crippen molar-refractivity contribution in [3.63, 3.8) is 0 Å². The van der Waals surface area contributed by atoms with E-state index in [1.807, 2.05) is 36.4 Å². The second-order valence-electron chi connectivity index (χ2n) is 5.22. The second kappa shape index (κ2) is 4.45. The van der Waals surface area contributed by atoms with Crippen LogP contribution in [0.2, 0.25) is 0 Å². The standard InChI is InChI=1S/C15H18ClNO/c1-14(2,18)15(16)10-12(8-9-13(15)17)11-6-4-3-5-7-11/h3-9,18H,10,17H2,1-2H3. The van der Waals surface area contributed by atoms with Gasteiger partial charge >= 0.3 is 0 Å². The van der Waals surface area contributed by atoms with Gasteiger partial charge < -0.3 is 10.8 Å². The van der Waals surface area contributed by atoms with Crippen LogP contribution in [-0.4, -0.2) is 15.6 Å². The molecule has 2 rings (SSSR count). The number of hydrogen-bond acceptors (Lipinski definition) is 2. The van der Waals surface area contributed by atoms with Crippen molar-refractivity contribution in [2.45, 2.75) is 30.7 Å². The summed E-state index contributed by atoms with van der Waals surface area (Å²) in [7, 11) is 0. The number of benzene rings is 1. The minimum Gasteiger partial charge on any atom is -0.400 e. The fraction of sp³-hybridized carbons (Fsp3) is 0.333. The van der Waals surface area contributed by atoms with Crippen LogP contribution in [0.5, 0.6) is 0 Å². The van der Waals surface area contributed by atoms with Gasteiger partial charge in [0.15, 0.2) is 0 Å². The summed E-state index contributed by atoms with van der Waals surface area (Å²) in [5, 5.41) is 10.3. The van der Waals surface area contributed by atoms with Crippen LogP contribution >= 0.6 is 11.6 Å². The molecule has 0 spiro atoms. The lowest BCUT2D eigenvalue weighted by molar-refractivity contribution is 0.0467. The molecule has 2 nitrogen and oxygen atoms in total. The van der Waals surface area contributed by atoms with E-state index in [9.17, 15) is 5.11 Å². The van der Waals surface area contributed by atoms with Crippen LogP contribution in [0.3, 0.4) is 0 Å². The van der Waals surface area contributed by atoms with E-state index in [1.54, 1.807) is 19.9 Å². The smallest absolute Gasteiger partial charge is 0.116 e. The molecule has 0 amide bonds. The fourth-order valence-corrected chi connectivity index (χ4v) is 2.37. The molecular weight excluding hydrogens is 246 g/mol. The van der Waals surface area contributed by atoms with Crippen molar-refractivity contribution in [1.29, 1.82) is 0 Å². The Labute approximate surface area is 113 Å². The molecule has 1 aliphatic rings. The maximum Gasteiger partial charge on any atom is 0.116 e. The summed E-state index contributed by atoms with van der Waals surface area (Å²) in [6, 6.07) is 10.0. The average molecular weight is 264 g/mol. The van der Waals surface area contributed by atoms with Crippen LogP contribution in [0, 0.1) is 0 Å². The third kappa shape index (κ3) is 2.18. The third-order valence-corrected chi connectivity index (χ3v) is 4.28. The van der Waals surface area contributed by atoms with E-state index in [-0.39, 0.29) is 0 Å². The summed E-state index contributed by atoms with van der Waals surface area (Å²) < 4.78 is 0. The van der Waals surface area contributed by atoms with Crippen molar-refractivity contribution in [3.8, 4) is 0 Å². The van der Waals surface area contributed by atoms with Gasteiger partial charge in [0.2, 0.25) is 0 Å². The summed E-state index contributed by atoms with van der Waals surface area (Å²) in [6.07, 6.45) is 4.28. The van der Waals surface area contributed by atoms with Gasteiger partial charge in [-0.05, 0) is 31.1 Å². The van der Waals surface area contributed by atoms with Crippen LogP contribution in [-0.2, 0) is 0 Å². The van der Waals surface area contributed by atoms with Crippen molar-refractivity contribution in [2.75, 3.05) is 0 Å². The molecule has 0 radical (unpaired) electrons. The molecule has 18 heavy (non-hydrogen) atoms. The molecule has 1 aromatic rings. The van der Waals surface area contributed by atoms with Gasteiger partial charge in [0, 0.05) is 12.1 Å². The van der Waals surface area contributed by atoms with Gasteiger partial charge in [-0.3, -0.25) is 0 Å². The zero-order valence-corrected chi connectivity index (χ0v) is 11.4. The number of allylic oxidation sites excluding steroid dienone is 3. The normalized spacial score (nSPS) is 24.4. The minimum absolute atomic E-state index is 0.511. The first kappa shape index (κ1) is 13.2. The largest absolute Gasteiger partial charge is 0.400 e. The molecule has 0 aromatic heterocycles. The Balaban J connectivity index is 2.40. The molecule has 96 valence electrons.